The van der Waals surface area contributed by atoms with Crippen LogP contribution in [0.5, 0.6) is 0 Å². The number of nitrogens with zero attached hydrogens (tertiary/aromatic N) is 1. The van der Waals surface area contributed by atoms with Gasteiger partial charge in [0.1, 0.15) is 0 Å². The second-order valence-corrected chi connectivity index (χ2v) is 6.52. The van der Waals surface area contributed by atoms with E-state index in [1.165, 1.54) is 12.1 Å². The molecule has 20 heavy (non-hydrogen) atoms. The van der Waals surface area contributed by atoms with Crippen molar-refractivity contribution in [1.29, 1.82) is 0 Å². The van der Waals surface area contributed by atoms with Crippen LogP contribution in [-0.2, 0) is 10.0 Å². The number of benzene rings is 1. The molecule has 0 saturated heterocycles. The molecule has 0 fully saturated rings. The third-order valence-corrected chi connectivity index (χ3v) is 4.39. The fourth-order valence-corrected chi connectivity index (χ4v) is 2.30. The molecule has 5 N–H and O–H groups in total. The van der Waals surface area contributed by atoms with Crippen LogP contribution in [0.3, 0.4) is 0 Å². The van der Waals surface area contributed by atoms with Gasteiger partial charge < -0.3 is 16.0 Å². The third-order valence-electron chi connectivity index (χ3n) is 3.48. The van der Waals surface area contributed by atoms with E-state index >= 15 is 0 Å². The number of rotatable bonds is 7. The summed E-state index contributed by atoms with van der Waals surface area (Å²) in [6.45, 7) is 5.82. The van der Waals surface area contributed by atoms with Gasteiger partial charge in [-0.2, -0.15) is 0 Å². The second-order valence-electron chi connectivity index (χ2n) is 4.96. The summed E-state index contributed by atoms with van der Waals surface area (Å²) in [5.41, 5.74) is 6.92. The van der Waals surface area contributed by atoms with Crippen molar-refractivity contribution in [3.63, 3.8) is 0 Å². The molecule has 0 aliphatic carbocycles. The molecule has 6 nitrogen and oxygen atoms in total. The van der Waals surface area contributed by atoms with Crippen LogP contribution in [-0.4, -0.2) is 39.5 Å². The Balaban J connectivity index is 2.69. The maximum absolute atomic E-state index is 11.3. The lowest BCUT2D eigenvalue weighted by molar-refractivity contribution is 0.261. The Bertz CT molecular complexity index is 545. The van der Waals surface area contributed by atoms with Gasteiger partial charge >= 0.3 is 0 Å². The van der Waals surface area contributed by atoms with Gasteiger partial charge in [0.25, 0.3) is 0 Å². The molecule has 0 saturated carbocycles. The molecule has 0 heterocycles. The molecule has 1 aromatic rings. The highest BCUT2D eigenvalue weighted by Crippen LogP contribution is 2.21. The van der Waals surface area contributed by atoms with Gasteiger partial charge in [-0.15, -0.1) is 0 Å². The van der Waals surface area contributed by atoms with E-state index in [4.69, 9.17) is 10.9 Å². The smallest absolute Gasteiger partial charge is 0.238 e. The number of nitrogen functional groups attached to an aromatic ring is 1. The number of likely N-dealkylation sites (N-methyl/N-ethyl adjacent to an activating group) is 1. The Morgan fingerprint density at radius 3 is 2.60 bits per heavy atom. The highest BCUT2D eigenvalue weighted by molar-refractivity contribution is 7.89. The van der Waals surface area contributed by atoms with Crippen LogP contribution in [0, 0.1) is 0 Å². The average Bonchev–Trinajstić information content (AvgIpc) is 2.38. The van der Waals surface area contributed by atoms with Crippen LogP contribution in [0.4, 0.5) is 11.4 Å². The zero-order valence-corrected chi connectivity index (χ0v) is 13.1. The van der Waals surface area contributed by atoms with Crippen molar-refractivity contribution in [3.8, 4) is 0 Å². The molecule has 114 valence electrons. The summed E-state index contributed by atoms with van der Waals surface area (Å²) in [5, 5.41) is 8.25. The minimum atomic E-state index is -3.71. The summed E-state index contributed by atoms with van der Waals surface area (Å²) in [4.78, 5) is 2.29. The first kappa shape index (κ1) is 16.7. The van der Waals surface area contributed by atoms with Crippen molar-refractivity contribution in [2.45, 2.75) is 31.2 Å². The van der Waals surface area contributed by atoms with Gasteiger partial charge in [0.2, 0.25) is 10.0 Å². The summed E-state index contributed by atoms with van der Waals surface area (Å²) in [6, 6.07) is 4.92. The number of primary sulfonamides is 1. The highest BCUT2D eigenvalue weighted by Gasteiger charge is 2.11. The molecular weight excluding hydrogens is 276 g/mol. The summed E-state index contributed by atoms with van der Waals surface area (Å²) >= 11 is 0. The minimum Gasteiger partial charge on any atom is -0.397 e. The van der Waals surface area contributed by atoms with E-state index < -0.39 is 10.0 Å². The van der Waals surface area contributed by atoms with Crippen molar-refractivity contribution in [3.05, 3.63) is 18.2 Å². The van der Waals surface area contributed by atoms with Crippen LogP contribution in [0.15, 0.2) is 23.1 Å². The highest BCUT2D eigenvalue weighted by atomic mass is 32.2. The van der Waals surface area contributed by atoms with Gasteiger partial charge in [-0.1, -0.05) is 6.92 Å². The van der Waals surface area contributed by atoms with Crippen molar-refractivity contribution < 1.29 is 8.42 Å². The van der Waals surface area contributed by atoms with Gasteiger partial charge in [0, 0.05) is 19.1 Å². The standard InChI is InChI=1S/C13H24N4O2S/c1-4-10(2)17(3)8-7-16-13-9-11(20(15,18)19)5-6-12(13)14/h5-6,9-10,16H,4,7-8,14H2,1-3H3,(H2,15,18,19). The second kappa shape index (κ2) is 6.92. The Morgan fingerprint density at radius 1 is 1.40 bits per heavy atom. The SMILES string of the molecule is CCC(C)N(C)CCNc1cc(S(N)(=O)=O)ccc1N. The number of anilines is 2. The molecule has 7 heteroatoms. The molecule has 1 atom stereocenters. The molecule has 0 aliphatic heterocycles. The van der Waals surface area contributed by atoms with Crippen LogP contribution < -0.4 is 16.2 Å². The van der Waals surface area contributed by atoms with E-state index in [0.29, 0.717) is 24.0 Å². The maximum Gasteiger partial charge on any atom is 0.238 e. The first-order chi connectivity index (χ1) is 9.25. The Labute approximate surface area is 121 Å². The molecule has 0 spiro atoms. The number of hydrogen-bond acceptors (Lipinski definition) is 5. The van der Waals surface area contributed by atoms with Crippen molar-refractivity contribution >= 4 is 21.4 Å². The van der Waals surface area contributed by atoms with Crippen molar-refractivity contribution in [2.75, 3.05) is 31.2 Å². The fraction of sp³-hybridized carbons (Fsp3) is 0.538. The van der Waals surface area contributed by atoms with Gasteiger partial charge in [0.15, 0.2) is 0 Å². The molecule has 0 aromatic heterocycles. The number of sulfonamides is 1. The number of nitrogens with two attached hydrogens (primary N) is 2. The lowest BCUT2D eigenvalue weighted by Gasteiger charge is -2.23. The van der Waals surface area contributed by atoms with Crippen LogP contribution in [0.2, 0.25) is 0 Å². The molecule has 0 aliphatic rings. The van der Waals surface area contributed by atoms with E-state index in [1.54, 1.807) is 6.07 Å². The molecule has 1 unspecified atom stereocenters. The van der Waals surface area contributed by atoms with Gasteiger partial charge in [-0.25, -0.2) is 13.6 Å². The Hall–Kier alpha value is -1.31. The molecule has 0 radical (unpaired) electrons. The van der Waals surface area contributed by atoms with Gasteiger partial charge in [0.05, 0.1) is 16.3 Å². The monoisotopic (exact) mass is 300 g/mol. The first-order valence-corrected chi connectivity index (χ1v) is 8.16. The number of nitrogens with one attached hydrogen (secondary N) is 1. The third kappa shape index (κ3) is 4.66. The maximum atomic E-state index is 11.3. The van der Waals surface area contributed by atoms with Crippen molar-refractivity contribution in [1.82, 2.24) is 4.90 Å². The molecular formula is C13H24N4O2S. The fourth-order valence-electron chi connectivity index (χ4n) is 1.76. The zero-order valence-electron chi connectivity index (χ0n) is 12.3. The van der Waals surface area contributed by atoms with Crippen molar-refractivity contribution in [2.24, 2.45) is 5.14 Å². The predicted molar refractivity (Wildman–Crippen MR) is 83.1 cm³/mol. The molecule has 0 amide bonds. The van der Waals surface area contributed by atoms with Gasteiger partial charge in [-0.3, -0.25) is 0 Å². The molecule has 1 rings (SSSR count). The van der Waals surface area contributed by atoms with E-state index in [9.17, 15) is 8.42 Å². The first-order valence-electron chi connectivity index (χ1n) is 6.62. The van der Waals surface area contributed by atoms with E-state index in [1.807, 2.05) is 0 Å². The lowest BCUT2D eigenvalue weighted by Crippen LogP contribution is -2.32. The predicted octanol–water partition coefficient (Wildman–Crippen LogP) is 1.06. The van der Waals surface area contributed by atoms with Crippen LogP contribution in [0.25, 0.3) is 0 Å². The summed E-state index contributed by atoms with van der Waals surface area (Å²) in [6.07, 6.45) is 1.08. The quantitative estimate of drug-likeness (QED) is 0.654. The van der Waals surface area contributed by atoms with Crippen LogP contribution in [0.1, 0.15) is 20.3 Å². The Kier molecular flexibility index (Phi) is 5.79. The van der Waals surface area contributed by atoms with E-state index in [0.717, 1.165) is 13.0 Å². The van der Waals surface area contributed by atoms with E-state index in [-0.39, 0.29) is 4.90 Å². The van der Waals surface area contributed by atoms with Crippen LogP contribution >= 0.6 is 0 Å². The molecule has 0 bridgehead atoms. The average molecular weight is 300 g/mol. The summed E-state index contributed by atoms with van der Waals surface area (Å²) in [7, 11) is -1.65. The molecule has 1 aromatic carbocycles. The largest absolute Gasteiger partial charge is 0.397 e. The number of hydrogen-bond donors (Lipinski definition) is 3. The topological polar surface area (TPSA) is 101 Å². The summed E-state index contributed by atoms with van der Waals surface area (Å²) in [5.74, 6) is 0. The lowest BCUT2D eigenvalue weighted by atomic mass is 10.2. The summed E-state index contributed by atoms with van der Waals surface area (Å²) < 4.78 is 22.6. The van der Waals surface area contributed by atoms with E-state index in [2.05, 4.69) is 31.1 Å². The minimum absolute atomic E-state index is 0.0597. The zero-order chi connectivity index (χ0) is 15.3. The Morgan fingerprint density at radius 2 is 2.05 bits per heavy atom. The van der Waals surface area contributed by atoms with Gasteiger partial charge in [-0.05, 0) is 38.6 Å². The normalized spacial score (nSPS) is 13.4.